The highest BCUT2D eigenvalue weighted by atomic mass is 16.6. The number of nitro groups is 2. The van der Waals surface area contributed by atoms with Crippen molar-refractivity contribution in [3.8, 4) is 11.6 Å². The lowest BCUT2D eigenvalue weighted by Gasteiger charge is -2.05. The Morgan fingerprint density at radius 1 is 1.19 bits per heavy atom. The lowest BCUT2D eigenvalue weighted by Crippen LogP contribution is -2.03. The molecule has 1 aromatic heterocycles. The third-order valence-corrected chi connectivity index (χ3v) is 1.73. The first kappa shape index (κ1) is 11.6. The maximum absolute atomic E-state index is 10.7. The van der Waals surface area contributed by atoms with E-state index in [-0.39, 0.29) is 11.6 Å². The molecule has 0 aliphatic carbocycles. The fraction of sp³-hybridized carbons (Fsp3) is 0.286. The maximum atomic E-state index is 10.7. The van der Waals surface area contributed by atoms with Crippen molar-refractivity contribution in [1.82, 2.24) is 4.98 Å². The van der Waals surface area contributed by atoms with E-state index >= 15 is 0 Å². The lowest BCUT2D eigenvalue weighted by atomic mass is 10.3. The van der Waals surface area contributed by atoms with Crippen molar-refractivity contribution in [1.29, 1.82) is 0 Å². The molecule has 0 aromatic carbocycles. The van der Waals surface area contributed by atoms with Crippen LogP contribution in [0.25, 0.3) is 0 Å². The van der Waals surface area contributed by atoms with Crippen LogP contribution in [0.2, 0.25) is 0 Å². The van der Waals surface area contributed by atoms with Crippen LogP contribution in [0.3, 0.4) is 0 Å². The van der Waals surface area contributed by atoms with Crippen molar-refractivity contribution in [3.63, 3.8) is 0 Å². The minimum Gasteiger partial charge on any atom is -0.486 e. The summed E-state index contributed by atoms with van der Waals surface area (Å²) >= 11 is 0. The van der Waals surface area contributed by atoms with E-state index in [1.165, 1.54) is 7.11 Å². The Hall–Kier alpha value is -2.45. The van der Waals surface area contributed by atoms with E-state index in [2.05, 4.69) is 9.72 Å². The van der Waals surface area contributed by atoms with Crippen molar-refractivity contribution in [2.24, 2.45) is 0 Å². The number of nitrogens with zero attached hydrogens (tertiary/aromatic N) is 3. The largest absolute Gasteiger partial charge is 0.486 e. The predicted molar refractivity (Wildman–Crippen MR) is 50.6 cm³/mol. The van der Waals surface area contributed by atoms with Crippen LogP contribution in [-0.4, -0.2) is 29.1 Å². The van der Waals surface area contributed by atoms with E-state index in [0.717, 1.165) is 13.3 Å². The van der Waals surface area contributed by atoms with Crippen molar-refractivity contribution in [2.45, 2.75) is 0 Å². The summed E-state index contributed by atoms with van der Waals surface area (Å²) < 4.78 is 9.38. The molecule has 0 unspecified atom stereocenters. The third-order valence-electron chi connectivity index (χ3n) is 1.73. The molecule has 9 nitrogen and oxygen atoms in total. The van der Waals surface area contributed by atoms with Crippen molar-refractivity contribution in [3.05, 3.63) is 26.4 Å². The van der Waals surface area contributed by atoms with E-state index in [1.807, 2.05) is 0 Å². The summed E-state index contributed by atoms with van der Waals surface area (Å²) in [6, 6.07) is 0. The fourth-order valence-electron chi connectivity index (χ4n) is 1.10. The van der Waals surface area contributed by atoms with Crippen LogP contribution in [0.1, 0.15) is 0 Å². The molecule has 1 heterocycles. The molecule has 1 aromatic rings. The number of pyridine rings is 1. The summed E-state index contributed by atoms with van der Waals surface area (Å²) in [6.07, 6.45) is 0.749. The zero-order valence-electron chi connectivity index (χ0n) is 8.37. The van der Waals surface area contributed by atoms with Crippen LogP contribution in [0, 0.1) is 20.2 Å². The van der Waals surface area contributed by atoms with Crippen molar-refractivity contribution in [2.75, 3.05) is 14.2 Å². The summed E-state index contributed by atoms with van der Waals surface area (Å²) in [4.78, 5) is 23.0. The van der Waals surface area contributed by atoms with E-state index in [1.54, 1.807) is 0 Å². The standard InChI is InChI=1S/C7H7N3O6/c1-15-6-5(10(13)14)4(9(11)12)3-8-7(6)16-2/h3H,1-2H3. The van der Waals surface area contributed by atoms with Gasteiger partial charge in [-0.1, -0.05) is 0 Å². The zero-order valence-corrected chi connectivity index (χ0v) is 8.37. The average Bonchev–Trinajstić information content (AvgIpc) is 2.26. The molecule has 0 aliphatic rings. The number of aromatic nitrogens is 1. The molecule has 9 heteroatoms. The summed E-state index contributed by atoms with van der Waals surface area (Å²) in [6.45, 7) is 0. The van der Waals surface area contributed by atoms with Gasteiger partial charge in [0.2, 0.25) is 0 Å². The van der Waals surface area contributed by atoms with E-state index < -0.39 is 21.2 Å². The molecule has 0 fully saturated rings. The number of hydrogen-bond donors (Lipinski definition) is 0. The second-order valence-corrected chi connectivity index (χ2v) is 2.55. The Bertz CT molecular complexity index is 446. The van der Waals surface area contributed by atoms with Crippen molar-refractivity contribution < 1.29 is 19.3 Å². The van der Waals surface area contributed by atoms with E-state index in [0.29, 0.717) is 0 Å². The summed E-state index contributed by atoms with van der Waals surface area (Å²) in [5, 5.41) is 21.3. The second-order valence-electron chi connectivity index (χ2n) is 2.55. The Morgan fingerprint density at radius 3 is 2.19 bits per heavy atom. The number of rotatable bonds is 4. The predicted octanol–water partition coefficient (Wildman–Crippen LogP) is 0.915. The molecule has 0 N–H and O–H groups in total. The smallest absolute Gasteiger partial charge is 0.394 e. The minimum absolute atomic E-state index is 0.181. The van der Waals surface area contributed by atoms with Crippen LogP contribution in [0.5, 0.6) is 11.6 Å². The van der Waals surface area contributed by atoms with Gasteiger partial charge in [-0.3, -0.25) is 20.2 Å². The molecule has 0 saturated carbocycles. The molecule has 0 atom stereocenters. The highest BCUT2D eigenvalue weighted by Crippen LogP contribution is 2.41. The molecule has 0 amide bonds. The van der Waals surface area contributed by atoms with Gasteiger partial charge < -0.3 is 9.47 Å². The summed E-state index contributed by atoms with van der Waals surface area (Å²) in [5.41, 5.74) is -1.53. The van der Waals surface area contributed by atoms with Gasteiger partial charge in [0.15, 0.2) is 0 Å². The average molecular weight is 229 g/mol. The van der Waals surface area contributed by atoms with Crippen LogP contribution in [0.4, 0.5) is 11.4 Å². The van der Waals surface area contributed by atoms with Crippen LogP contribution >= 0.6 is 0 Å². The highest BCUT2D eigenvalue weighted by Gasteiger charge is 2.33. The molecular formula is C7H7N3O6. The molecule has 16 heavy (non-hydrogen) atoms. The third kappa shape index (κ3) is 1.82. The normalized spacial score (nSPS) is 9.62. The first-order valence-corrected chi connectivity index (χ1v) is 3.92. The summed E-state index contributed by atoms with van der Waals surface area (Å²) in [5.74, 6) is -0.554. The summed E-state index contributed by atoms with van der Waals surface area (Å²) in [7, 11) is 2.36. The number of hydrogen-bond acceptors (Lipinski definition) is 7. The van der Waals surface area contributed by atoms with Crippen LogP contribution in [0.15, 0.2) is 6.20 Å². The molecule has 0 aliphatic heterocycles. The van der Waals surface area contributed by atoms with Gasteiger partial charge in [-0.25, -0.2) is 4.98 Å². The van der Waals surface area contributed by atoms with Gasteiger partial charge in [-0.05, 0) is 0 Å². The van der Waals surface area contributed by atoms with Gasteiger partial charge in [-0.15, -0.1) is 0 Å². The van der Waals surface area contributed by atoms with E-state index in [4.69, 9.17) is 4.74 Å². The monoisotopic (exact) mass is 229 g/mol. The Balaban J connectivity index is 3.56. The minimum atomic E-state index is -0.916. The first-order valence-electron chi connectivity index (χ1n) is 3.92. The molecule has 86 valence electrons. The number of ether oxygens (including phenoxy) is 2. The quantitative estimate of drug-likeness (QED) is 0.556. The second kappa shape index (κ2) is 4.38. The van der Waals surface area contributed by atoms with Crippen molar-refractivity contribution >= 4 is 11.4 Å². The van der Waals surface area contributed by atoms with Gasteiger partial charge in [0, 0.05) is 0 Å². The maximum Gasteiger partial charge on any atom is 0.394 e. The van der Waals surface area contributed by atoms with Crippen LogP contribution in [-0.2, 0) is 0 Å². The Kier molecular flexibility index (Phi) is 3.18. The highest BCUT2D eigenvalue weighted by molar-refractivity contribution is 5.64. The van der Waals surface area contributed by atoms with E-state index in [9.17, 15) is 20.2 Å². The zero-order chi connectivity index (χ0) is 12.3. The van der Waals surface area contributed by atoms with Gasteiger partial charge in [0.25, 0.3) is 11.6 Å². The first-order chi connectivity index (χ1) is 7.52. The SMILES string of the molecule is COc1ncc([N+](=O)[O-])c([N+](=O)[O-])c1OC. The Labute approximate surface area is 88.9 Å². The lowest BCUT2D eigenvalue weighted by molar-refractivity contribution is -0.423. The van der Waals surface area contributed by atoms with Crippen LogP contribution < -0.4 is 9.47 Å². The fourth-order valence-corrected chi connectivity index (χ4v) is 1.10. The van der Waals surface area contributed by atoms with Gasteiger partial charge in [0.05, 0.1) is 24.1 Å². The molecule has 0 radical (unpaired) electrons. The molecule has 0 bridgehead atoms. The topological polar surface area (TPSA) is 118 Å². The molecule has 1 rings (SSSR count). The molecule has 0 spiro atoms. The van der Waals surface area contributed by atoms with Gasteiger partial charge in [0.1, 0.15) is 6.20 Å². The van der Waals surface area contributed by atoms with Gasteiger partial charge >= 0.3 is 11.4 Å². The molecular weight excluding hydrogens is 222 g/mol. The Morgan fingerprint density at radius 2 is 1.81 bits per heavy atom. The van der Waals surface area contributed by atoms with Gasteiger partial charge in [-0.2, -0.15) is 0 Å². The molecule has 0 saturated heterocycles. The number of methoxy groups -OCH3 is 2.